The van der Waals surface area contributed by atoms with Crippen molar-refractivity contribution in [2.45, 2.75) is 31.3 Å². The minimum Gasteiger partial charge on any atom is -0.328 e. The van der Waals surface area contributed by atoms with Gasteiger partial charge in [-0.15, -0.1) is 0 Å². The minimum atomic E-state index is 0.413. The normalized spacial score (nSPS) is 30.7. The van der Waals surface area contributed by atoms with E-state index in [0.717, 1.165) is 23.9 Å². The zero-order chi connectivity index (χ0) is 8.27. The van der Waals surface area contributed by atoms with Crippen molar-refractivity contribution >= 4 is 15.9 Å². The summed E-state index contributed by atoms with van der Waals surface area (Å²) in [6, 6.07) is 1.02. The van der Waals surface area contributed by atoms with Crippen LogP contribution in [-0.2, 0) is 0 Å². The van der Waals surface area contributed by atoms with Crippen LogP contribution in [0.3, 0.4) is 0 Å². The topological polar surface area (TPSA) is 38.0 Å². The highest BCUT2D eigenvalue weighted by atomic mass is 79.9. The maximum absolute atomic E-state index is 5.76. The van der Waals surface area contributed by atoms with E-state index in [-0.39, 0.29) is 0 Å². The molecule has 0 bridgehead atoms. The number of hydrogen-bond donors (Lipinski definition) is 2. The highest BCUT2D eigenvalue weighted by molar-refractivity contribution is 9.11. The van der Waals surface area contributed by atoms with Gasteiger partial charge in [0.2, 0.25) is 0 Å². The average Bonchev–Trinajstić information content (AvgIpc) is 2.31. The van der Waals surface area contributed by atoms with Crippen molar-refractivity contribution in [1.29, 1.82) is 0 Å². The van der Waals surface area contributed by atoms with E-state index in [2.05, 4.69) is 27.8 Å². The van der Waals surface area contributed by atoms with Gasteiger partial charge in [-0.2, -0.15) is 0 Å². The van der Waals surface area contributed by atoms with Gasteiger partial charge >= 0.3 is 0 Å². The Labute approximate surface area is 76.4 Å². The first-order chi connectivity index (χ1) is 5.18. The summed E-state index contributed by atoms with van der Waals surface area (Å²) in [4.78, 5) is 0. The standard InChI is InChI=1S/C8H15BrN2/c1-6(9)5-11-8-3-2-7(10)4-8/h7-8,11H,1-5,10H2. The van der Waals surface area contributed by atoms with E-state index in [1.54, 1.807) is 0 Å². The van der Waals surface area contributed by atoms with Crippen LogP contribution in [0.5, 0.6) is 0 Å². The molecule has 1 fully saturated rings. The lowest BCUT2D eigenvalue weighted by Gasteiger charge is -2.10. The second-order valence-corrected chi connectivity index (χ2v) is 4.29. The van der Waals surface area contributed by atoms with Gasteiger partial charge in [-0.1, -0.05) is 22.5 Å². The Kier molecular flexibility index (Phi) is 3.55. The van der Waals surface area contributed by atoms with Gasteiger partial charge < -0.3 is 11.1 Å². The maximum Gasteiger partial charge on any atom is 0.0268 e. The van der Waals surface area contributed by atoms with Crippen molar-refractivity contribution in [2.24, 2.45) is 5.73 Å². The first kappa shape index (κ1) is 9.23. The Morgan fingerprint density at radius 2 is 2.36 bits per heavy atom. The van der Waals surface area contributed by atoms with Crippen LogP contribution in [0.2, 0.25) is 0 Å². The largest absolute Gasteiger partial charge is 0.328 e. The maximum atomic E-state index is 5.76. The fraction of sp³-hybridized carbons (Fsp3) is 0.750. The Hall–Kier alpha value is 0.140. The third kappa shape index (κ3) is 3.36. The lowest BCUT2D eigenvalue weighted by atomic mass is 10.2. The van der Waals surface area contributed by atoms with Crippen LogP contribution in [0, 0.1) is 0 Å². The van der Waals surface area contributed by atoms with Gasteiger partial charge in [-0.3, -0.25) is 0 Å². The van der Waals surface area contributed by atoms with Crippen molar-refractivity contribution in [3.05, 3.63) is 11.1 Å². The fourth-order valence-corrected chi connectivity index (χ4v) is 1.62. The van der Waals surface area contributed by atoms with Gasteiger partial charge in [0.25, 0.3) is 0 Å². The fourth-order valence-electron chi connectivity index (χ4n) is 1.46. The molecule has 0 aromatic carbocycles. The second kappa shape index (κ2) is 4.24. The molecule has 3 heteroatoms. The van der Waals surface area contributed by atoms with Crippen molar-refractivity contribution < 1.29 is 0 Å². The SMILES string of the molecule is C=C(Br)CNC1CCC(N)C1. The van der Waals surface area contributed by atoms with Crippen molar-refractivity contribution in [3.8, 4) is 0 Å². The number of halogens is 1. The first-order valence-corrected chi connectivity index (χ1v) is 4.80. The molecule has 0 aliphatic heterocycles. The average molecular weight is 219 g/mol. The number of hydrogen-bond acceptors (Lipinski definition) is 2. The van der Waals surface area contributed by atoms with Crippen LogP contribution < -0.4 is 11.1 Å². The van der Waals surface area contributed by atoms with E-state index in [4.69, 9.17) is 5.73 Å². The lowest BCUT2D eigenvalue weighted by Crippen LogP contribution is -2.29. The molecule has 0 aromatic rings. The highest BCUT2D eigenvalue weighted by Gasteiger charge is 2.20. The molecule has 0 heterocycles. The van der Waals surface area contributed by atoms with Crippen LogP contribution in [0.1, 0.15) is 19.3 Å². The van der Waals surface area contributed by atoms with E-state index in [1.165, 1.54) is 6.42 Å². The lowest BCUT2D eigenvalue weighted by molar-refractivity contribution is 0.546. The predicted octanol–water partition coefficient (Wildman–Crippen LogP) is 1.36. The van der Waals surface area contributed by atoms with Crippen LogP contribution >= 0.6 is 15.9 Å². The quantitative estimate of drug-likeness (QED) is 0.752. The van der Waals surface area contributed by atoms with Crippen LogP contribution in [0.15, 0.2) is 11.1 Å². The molecule has 1 saturated carbocycles. The number of rotatable bonds is 3. The Bertz CT molecular complexity index is 147. The molecule has 3 N–H and O–H groups in total. The van der Waals surface area contributed by atoms with Crippen LogP contribution in [0.4, 0.5) is 0 Å². The zero-order valence-corrected chi connectivity index (χ0v) is 8.23. The molecular weight excluding hydrogens is 204 g/mol. The Balaban J connectivity index is 2.13. The molecule has 2 atom stereocenters. The summed E-state index contributed by atoms with van der Waals surface area (Å²) in [5, 5.41) is 3.39. The molecule has 1 aliphatic rings. The van der Waals surface area contributed by atoms with E-state index in [1.807, 2.05) is 0 Å². The van der Waals surface area contributed by atoms with Crippen LogP contribution in [0.25, 0.3) is 0 Å². The number of nitrogens with two attached hydrogens (primary N) is 1. The van der Waals surface area contributed by atoms with Crippen molar-refractivity contribution in [1.82, 2.24) is 5.32 Å². The smallest absolute Gasteiger partial charge is 0.0268 e. The van der Waals surface area contributed by atoms with E-state index >= 15 is 0 Å². The monoisotopic (exact) mass is 218 g/mol. The van der Waals surface area contributed by atoms with Gasteiger partial charge in [-0.05, 0) is 19.3 Å². The van der Waals surface area contributed by atoms with Crippen molar-refractivity contribution in [2.75, 3.05) is 6.54 Å². The summed E-state index contributed by atoms with van der Waals surface area (Å²) in [6.45, 7) is 4.62. The summed E-state index contributed by atoms with van der Waals surface area (Å²) in [7, 11) is 0. The first-order valence-electron chi connectivity index (χ1n) is 4.00. The molecular formula is C8H15BrN2. The van der Waals surface area contributed by atoms with Crippen LogP contribution in [-0.4, -0.2) is 18.6 Å². The molecule has 0 spiro atoms. The Morgan fingerprint density at radius 1 is 1.64 bits per heavy atom. The van der Waals surface area contributed by atoms with Gasteiger partial charge in [-0.25, -0.2) is 0 Å². The minimum absolute atomic E-state index is 0.413. The van der Waals surface area contributed by atoms with E-state index in [9.17, 15) is 0 Å². The van der Waals surface area contributed by atoms with Crippen molar-refractivity contribution in [3.63, 3.8) is 0 Å². The highest BCUT2D eigenvalue weighted by Crippen LogP contribution is 2.17. The van der Waals surface area contributed by atoms with Gasteiger partial charge in [0, 0.05) is 23.1 Å². The number of nitrogens with one attached hydrogen (secondary N) is 1. The summed E-state index contributed by atoms with van der Waals surface area (Å²) in [5.41, 5.74) is 5.76. The molecule has 1 rings (SSSR count). The van der Waals surface area contributed by atoms with Gasteiger partial charge in [0.15, 0.2) is 0 Å². The molecule has 64 valence electrons. The molecule has 2 unspecified atom stereocenters. The van der Waals surface area contributed by atoms with E-state index in [0.29, 0.717) is 12.1 Å². The summed E-state index contributed by atoms with van der Waals surface area (Å²) in [6.07, 6.45) is 3.48. The molecule has 11 heavy (non-hydrogen) atoms. The Morgan fingerprint density at radius 3 is 2.82 bits per heavy atom. The third-order valence-electron chi connectivity index (χ3n) is 2.06. The molecule has 0 aromatic heterocycles. The van der Waals surface area contributed by atoms with Gasteiger partial charge in [0.05, 0.1) is 0 Å². The predicted molar refractivity (Wildman–Crippen MR) is 51.7 cm³/mol. The second-order valence-electron chi connectivity index (χ2n) is 3.17. The van der Waals surface area contributed by atoms with Gasteiger partial charge in [0.1, 0.15) is 0 Å². The molecule has 0 radical (unpaired) electrons. The summed E-state index contributed by atoms with van der Waals surface area (Å²) >= 11 is 3.31. The van der Waals surface area contributed by atoms with E-state index < -0.39 is 0 Å². The third-order valence-corrected chi connectivity index (χ3v) is 2.34. The molecule has 1 aliphatic carbocycles. The molecule has 2 nitrogen and oxygen atoms in total. The molecule has 0 saturated heterocycles. The summed E-state index contributed by atoms with van der Waals surface area (Å²) < 4.78 is 1.01. The zero-order valence-electron chi connectivity index (χ0n) is 6.65. The molecule has 0 amide bonds. The summed E-state index contributed by atoms with van der Waals surface area (Å²) in [5.74, 6) is 0.